The Labute approximate surface area is 152 Å². The molecule has 2 heterocycles. The first-order valence-corrected chi connectivity index (χ1v) is 8.49. The minimum atomic E-state index is -1.24. The Morgan fingerprint density at radius 1 is 1.31 bits per heavy atom. The molecule has 1 aliphatic heterocycles. The lowest BCUT2D eigenvalue weighted by molar-refractivity contribution is -0.725. The molecule has 8 nitrogen and oxygen atoms in total. The maximum Gasteiger partial charge on any atom is 0.347 e. The summed E-state index contributed by atoms with van der Waals surface area (Å²) in [5.74, 6) is 0. The Kier molecular flexibility index (Phi) is 3.55. The largest absolute Gasteiger partial charge is 0.417 e. The highest BCUT2D eigenvalue weighted by molar-refractivity contribution is 8.05. The molecule has 0 aromatic carbocycles. The van der Waals surface area contributed by atoms with Crippen molar-refractivity contribution < 1.29 is 19.6 Å². The summed E-state index contributed by atoms with van der Waals surface area (Å²) in [6.07, 6.45) is 12.0. The van der Waals surface area contributed by atoms with Gasteiger partial charge in [0, 0.05) is 17.2 Å². The Hall–Kier alpha value is -3.20. The molecule has 0 fully saturated rings. The lowest BCUT2D eigenvalue weighted by Gasteiger charge is -2.24. The molecule has 1 aromatic rings. The van der Waals surface area contributed by atoms with Crippen LogP contribution in [-0.4, -0.2) is 43.1 Å². The summed E-state index contributed by atoms with van der Waals surface area (Å²) in [5, 5.41) is 33.0. The molecule has 1 spiro atoms. The highest BCUT2D eigenvalue weighted by Crippen LogP contribution is 2.54. The molecule has 1 atom stereocenters. The molecule has 0 amide bonds. The van der Waals surface area contributed by atoms with Gasteiger partial charge in [0.05, 0.1) is 21.5 Å². The van der Waals surface area contributed by atoms with Crippen LogP contribution < -0.4 is 0 Å². The van der Waals surface area contributed by atoms with Crippen LogP contribution in [0.25, 0.3) is 0 Å². The van der Waals surface area contributed by atoms with Crippen LogP contribution in [-0.2, 0) is 4.87 Å². The number of nitro groups is 1. The first-order valence-electron chi connectivity index (χ1n) is 7.67. The van der Waals surface area contributed by atoms with Gasteiger partial charge in [-0.1, -0.05) is 18.2 Å². The number of hydrogen-bond acceptors (Lipinski definition) is 6. The van der Waals surface area contributed by atoms with Crippen LogP contribution in [0, 0.1) is 15.3 Å². The number of fused-ring (bicyclic) bond motifs is 3. The van der Waals surface area contributed by atoms with E-state index in [1.54, 1.807) is 23.8 Å². The summed E-state index contributed by atoms with van der Waals surface area (Å²) in [4.78, 5) is 15.0. The van der Waals surface area contributed by atoms with Crippen LogP contribution >= 0.6 is 11.8 Å². The maximum atomic E-state index is 11.9. The molecule has 0 bridgehead atoms. The molecule has 1 N–H and O–H groups in total. The number of pyridine rings is 1. The molecular formula is C17H13N4O4S+. The summed E-state index contributed by atoms with van der Waals surface area (Å²) < 4.78 is 1.79. The van der Waals surface area contributed by atoms with E-state index in [0.717, 1.165) is 16.7 Å². The van der Waals surface area contributed by atoms with E-state index in [9.17, 15) is 20.5 Å². The number of nitrogens with zero attached hydrogens (tertiary/aromatic N) is 4. The van der Waals surface area contributed by atoms with E-state index in [1.807, 2.05) is 30.4 Å². The molecule has 4 rings (SSSR count). The number of hydrogen-bond donors (Lipinski definition) is 1. The van der Waals surface area contributed by atoms with Gasteiger partial charge in [0.2, 0.25) is 5.71 Å². The highest BCUT2D eigenvalue weighted by atomic mass is 32.2. The van der Waals surface area contributed by atoms with Crippen LogP contribution in [0.5, 0.6) is 0 Å². The lowest BCUT2D eigenvalue weighted by atomic mass is 9.92. The SMILES string of the molecule is C[N+]1=C2C=CC=CC=C2SC12C([N+](=O)[O-])=C/C(=[N+](/[O-])O)c1cccnc12. The number of aromatic nitrogens is 1. The fourth-order valence-electron chi connectivity index (χ4n) is 3.36. The first kappa shape index (κ1) is 16.3. The van der Waals surface area contributed by atoms with Gasteiger partial charge in [-0.2, -0.15) is 0 Å². The predicted molar refractivity (Wildman–Crippen MR) is 95.7 cm³/mol. The zero-order valence-corrected chi connectivity index (χ0v) is 14.4. The second kappa shape index (κ2) is 5.67. The molecule has 2 aliphatic carbocycles. The molecule has 26 heavy (non-hydrogen) atoms. The lowest BCUT2D eigenvalue weighted by Crippen LogP contribution is -2.43. The van der Waals surface area contributed by atoms with Crippen molar-refractivity contribution in [3.63, 3.8) is 0 Å². The molecule has 0 saturated carbocycles. The van der Waals surface area contributed by atoms with Crippen molar-refractivity contribution in [3.05, 3.63) is 92.0 Å². The van der Waals surface area contributed by atoms with E-state index in [-0.39, 0.29) is 16.3 Å². The zero-order chi connectivity index (χ0) is 18.5. The van der Waals surface area contributed by atoms with Crippen LogP contribution in [0.4, 0.5) is 0 Å². The first-order chi connectivity index (χ1) is 12.5. The van der Waals surface area contributed by atoms with Gasteiger partial charge in [-0.15, -0.1) is 0 Å². The van der Waals surface area contributed by atoms with E-state index in [1.165, 1.54) is 18.0 Å². The van der Waals surface area contributed by atoms with Gasteiger partial charge in [0.15, 0.2) is 0 Å². The standard InChI is InChI=1S/C17H13N4O4S/c1-19-12-7-3-2-4-8-14(12)26-17(19)15(21(24)25)10-13(20(22)23)11-6-5-9-18-16(11)17/h2-10H,1H3,(H,22,23)/q+1. The summed E-state index contributed by atoms with van der Waals surface area (Å²) >= 11 is 1.29. The molecule has 3 aliphatic rings. The number of likely N-dealkylation sites (N-methyl/N-ethyl adjacent to an activating group) is 1. The van der Waals surface area contributed by atoms with E-state index in [4.69, 9.17) is 0 Å². The smallest absolute Gasteiger partial charge is 0.347 e. The van der Waals surface area contributed by atoms with Crippen molar-refractivity contribution >= 4 is 23.2 Å². The van der Waals surface area contributed by atoms with Crippen LogP contribution in [0.3, 0.4) is 0 Å². The van der Waals surface area contributed by atoms with Crippen molar-refractivity contribution in [1.29, 1.82) is 0 Å². The maximum absolute atomic E-state index is 11.9. The summed E-state index contributed by atoms with van der Waals surface area (Å²) in [6, 6.07) is 3.24. The van der Waals surface area contributed by atoms with Gasteiger partial charge in [-0.05, 0) is 30.0 Å². The fraction of sp³-hybridized carbons (Fsp3) is 0.118. The minimum absolute atomic E-state index is 0.207. The fourth-order valence-corrected chi connectivity index (χ4v) is 4.86. The molecule has 130 valence electrons. The summed E-state index contributed by atoms with van der Waals surface area (Å²) in [6.45, 7) is 0. The van der Waals surface area contributed by atoms with Gasteiger partial charge < -0.3 is 5.21 Å². The van der Waals surface area contributed by atoms with E-state index in [0.29, 0.717) is 11.3 Å². The molecule has 1 aromatic heterocycles. The molecule has 0 radical (unpaired) electrons. The highest BCUT2D eigenvalue weighted by Gasteiger charge is 2.65. The van der Waals surface area contributed by atoms with Crippen LogP contribution in [0.15, 0.2) is 65.4 Å². The molecule has 1 unspecified atom stereocenters. The average Bonchev–Trinajstić information content (AvgIpc) is 2.77. The monoisotopic (exact) mass is 369 g/mol. The van der Waals surface area contributed by atoms with Crippen LogP contribution in [0.1, 0.15) is 11.3 Å². The third-order valence-corrected chi connectivity index (χ3v) is 6.03. The van der Waals surface area contributed by atoms with Gasteiger partial charge in [0.25, 0.3) is 5.71 Å². The van der Waals surface area contributed by atoms with Gasteiger partial charge in [0.1, 0.15) is 12.7 Å². The summed E-state index contributed by atoms with van der Waals surface area (Å²) in [7, 11) is 1.76. The molecule has 0 saturated heterocycles. The Morgan fingerprint density at radius 3 is 2.85 bits per heavy atom. The van der Waals surface area contributed by atoms with Crippen LogP contribution in [0.2, 0.25) is 0 Å². The Balaban J connectivity index is 2.09. The van der Waals surface area contributed by atoms with E-state index >= 15 is 0 Å². The topological polar surface area (TPSA) is 105 Å². The molecular weight excluding hydrogens is 356 g/mol. The predicted octanol–water partition coefficient (Wildman–Crippen LogP) is 1.94. The van der Waals surface area contributed by atoms with Gasteiger partial charge >= 0.3 is 10.6 Å². The Bertz CT molecular complexity index is 1030. The van der Waals surface area contributed by atoms with Crippen molar-refractivity contribution in [2.45, 2.75) is 4.87 Å². The van der Waals surface area contributed by atoms with E-state index < -0.39 is 9.79 Å². The third-order valence-electron chi connectivity index (χ3n) is 4.50. The second-order valence-electron chi connectivity index (χ2n) is 5.81. The number of thioether (sulfide) groups is 1. The number of allylic oxidation sites excluding steroid dienone is 7. The quantitative estimate of drug-likeness (QED) is 0.267. The average molecular weight is 369 g/mol. The second-order valence-corrected chi connectivity index (χ2v) is 7.04. The van der Waals surface area contributed by atoms with Crippen molar-refractivity contribution in [2.24, 2.45) is 0 Å². The van der Waals surface area contributed by atoms with Crippen molar-refractivity contribution in [3.8, 4) is 0 Å². The van der Waals surface area contributed by atoms with Crippen molar-refractivity contribution in [1.82, 2.24) is 4.98 Å². The van der Waals surface area contributed by atoms with Crippen molar-refractivity contribution in [2.75, 3.05) is 7.05 Å². The number of rotatable bonds is 1. The normalized spacial score (nSPS) is 25.4. The van der Waals surface area contributed by atoms with Gasteiger partial charge in [-0.25, -0.2) is 4.58 Å². The third kappa shape index (κ3) is 2.07. The summed E-state index contributed by atoms with van der Waals surface area (Å²) in [5.41, 5.74) is 1.06. The Morgan fingerprint density at radius 2 is 2.12 bits per heavy atom. The minimum Gasteiger partial charge on any atom is -0.417 e. The zero-order valence-electron chi connectivity index (χ0n) is 13.6. The molecule has 9 heteroatoms. The van der Waals surface area contributed by atoms with Gasteiger partial charge in [-0.3, -0.25) is 20.3 Å². The van der Waals surface area contributed by atoms with E-state index in [2.05, 4.69) is 4.98 Å².